The Hall–Kier alpha value is -3.01. The number of aliphatic hydroxyl groups excluding tert-OH is 1. The van der Waals surface area contributed by atoms with Gasteiger partial charge in [0.2, 0.25) is 0 Å². The molecule has 0 bridgehead atoms. The van der Waals surface area contributed by atoms with Crippen molar-refractivity contribution in [3.05, 3.63) is 51.9 Å². The van der Waals surface area contributed by atoms with Gasteiger partial charge in [-0.15, -0.1) is 0 Å². The lowest BCUT2D eigenvalue weighted by Crippen LogP contribution is -2.48. The molecule has 1 saturated heterocycles. The van der Waals surface area contributed by atoms with Crippen molar-refractivity contribution in [3.8, 4) is 11.4 Å². The molecule has 9 nitrogen and oxygen atoms in total. The van der Waals surface area contributed by atoms with Crippen LogP contribution in [-0.2, 0) is 34.3 Å². The number of hydrogen-bond donors (Lipinski definition) is 2. The van der Waals surface area contributed by atoms with E-state index >= 15 is 0 Å². The van der Waals surface area contributed by atoms with Crippen molar-refractivity contribution < 1.29 is 19.4 Å². The maximum absolute atomic E-state index is 12.5. The number of hydrogen-bond acceptors (Lipinski definition) is 7. The first-order valence-corrected chi connectivity index (χ1v) is 13.8. The van der Waals surface area contributed by atoms with E-state index in [1.165, 1.54) is 0 Å². The Morgan fingerprint density at radius 1 is 1.26 bits per heavy atom. The van der Waals surface area contributed by atoms with Crippen molar-refractivity contribution in [1.82, 2.24) is 19.4 Å². The molecule has 9 heteroatoms. The summed E-state index contributed by atoms with van der Waals surface area (Å²) in [4.78, 5) is 29.9. The second kappa shape index (κ2) is 12.0. The van der Waals surface area contributed by atoms with E-state index in [0.29, 0.717) is 24.4 Å². The van der Waals surface area contributed by atoms with Gasteiger partial charge in [0, 0.05) is 50.7 Å². The number of carbonyl (C=O) groups is 1. The Morgan fingerprint density at radius 2 is 1.97 bits per heavy atom. The number of benzene rings is 1. The Morgan fingerprint density at radius 3 is 2.62 bits per heavy atom. The number of aliphatic hydroxyl groups is 1. The summed E-state index contributed by atoms with van der Waals surface area (Å²) in [6.45, 7) is 11.7. The van der Waals surface area contributed by atoms with Gasteiger partial charge in [0.1, 0.15) is 17.5 Å². The average Bonchev–Trinajstić information content (AvgIpc) is 3.21. The third-order valence-corrected chi connectivity index (χ3v) is 7.14. The number of fused-ring (bicyclic) bond motifs is 1. The molecule has 1 fully saturated rings. The number of imidazole rings is 1. The predicted octanol–water partition coefficient (Wildman–Crippen LogP) is 3.36. The van der Waals surface area contributed by atoms with Gasteiger partial charge in [-0.1, -0.05) is 6.07 Å². The van der Waals surface area contributed by atoms with Crippen LogP contribution in [0.25, 0.3) is 22.4 Å². The van der Waals surface area contributed by atoms with Crippen molar-refractivity contribution in [2.45, 2.75) is 78.2 Å². The first-order chi connectivity index (χ1) is 18.4. The highest BCUT2D eigenvalue weighted by molar-refractivity contribution is 5.81. The zero-order valence-corrected chi connectivity index (χ0v) is 24.0. The minimum absolute atomic E-state index is 0.0116. The number of rotatable bonds is 9. The van der Waals surface area contributed by atoms with Gasteiger partial charge >= 0.3 is 5.97 Å². The zero-order chi connectivity index (χ0) is 28.3. The van der Waals surface area contributed by atoms with Gasteiger partial charge in [0.25, 0.3) is 5.56 Å². The Labute approximate surface area is 230 Å². The van der Waals surface area contributed by atoms with Crippen LogP contribution in [0.4, 0.5) is 0 Å². The highest BCUT2D eigenvalue weighted by Gasteiger charge is 2.28. The fourth-order valence-electron chi connectivity index (χ4n) is 5.11. The molecule has 3 heterocycles. The molecule has 4 rings (SSSR count). The summed E-state index contributed by atoms with van der Waals surface area (Å²) in [5.74, 6) is 0.888. The molecule has 0 aliphatic carbocycles. The highest BCUT2D eigenvalue weighted by Crippen LogP contribution is 2.29. The largest absolute Gasteiger partial charge is 0.459 e. The molecule has 0 saturated carbocycles. The molecule has 2 atom stereocenters. The van der Waals surface area contributed by atoms with Crippen LogP contribution >= 0.6 is 0 Å². The maximum atomic E-state index is 12.5. The minimum atomic E-state index is -0.879. The maximum Gasteiger partial charge on any atom is 0.326 e. The van der Waals surface area contributed by atoms with Crippen LogP contribution in [0.15, 0.2) is 35.3 Å². The molecule has 0 unspecified atom stereocenters. The molecular weight excluding hydrogens is 496 g/mol. The fourth-order valence-corrected chi connectivity index (χ4v) is 5.11. The molecule has 1 aliphatic heterocycles. The van der Waals surface area contributed by atoms with Gasteiger partial charge in [0.15, 0.2) is 0 Å². The van der Waals surface area contributed by atoms with Crippen molar-refractivity contribution in [2.75, 3.05) is 19.8 Å². The predicted molar refractivity (Wildman–Crippen MR) is 152 cm³/mol. The number of ether oxygens (including phenoxy) is 2. The summed E-state index contributed by atoms with van der Waals surface area (Å²) in [6.07, 6.45) is 3.66. The number of aromatic nitrogens is 3. The standard InChI is InChI=1S/C30H42N4O5/c1-19-15-23(18-33(6)28(19)36)27-32-24-16-21(7-8-25(24)34(27)17-22-10-13-38-14-11-22)9-12-31-26(20(2)35)29(37)39-30(3,4)5/h7-8,15-16,18,20,22,26,31,35H,9-14,17H2,1-6H3/t20-,26-/m1/s1. The van der Waals surface area contributed by atoms with E-state index in [-0.39, 0.29) is 5.56 Å². The van der Waals surface area contributed by atoms with Crippen LogP contribution in [0.3, 0.4) is 0 Å². The SMILES string of the molecule is Cc1cc(-c2nc3cc(CCN[C@@H](C(=O)OC(C)(C)C)[C@@H](C)O)ccc3n2CC2CCOCC2)cn(C)c1=O. The Balaban J connectivity index is 1.59. The summed E-state index contributed by atoms with van der Waals surface area (Å²) < 4.78 is 14.9. The Kier molecular flexibility index (Phi) is 8.93. The van der Waals surface area contributed by atoms with Crippen LogP contribution in [0.2, 0.25) is 0 Å². The quantitative estimate of drug-likeness (QED) is 0.402. The van der Waals surface area contributed by atoms with Crippen LogP contribution in [-0.4, -0.2) is 62.7 Å². The van der Waals surface area contributed by atoms with Crippen LogP contribution in [0.5, 0.6) is 0 Å². The van der Waals surface area contributed by atoms with Gasteiger partial charge < -0.3 is 29.0 Å². The van der Waals surface area contributed by atoms with E-state index in [1.54, 1.807) is 18.5 Å². The molecule has 212 valence electrons. The summed E-state index contributed by atoms with van der Waals surface area (Å²) in [5.41, 5.74) is 3.98. The van der Waals surface area contributed by atoms with Gasteiger partial charge in [-0.2, -0.15) is 0 Å². The third-order valence-electron chi connectivity index (χ3n) is 7.14. The van der Waals surface area contributed by atoms with E-state index in [4.69, 9.17) is 14.5 Å². The summed E-state index contributed by atoms with van der Waals surface area (Å²) in [6, 6.07) is 7.40. The molecular formula is C30H42N4O5. The first-order valence-electron chi connectivity index (χ1n) is 13.8. The molecule has 0 radical (unpaired) electrons. The average molecular weight is 539 g/mol. The molecule has 39 heavy (non-hydrogen) atoms. The molecule has 1 aliphatic rings. The lowest BCUT2D eigenvalue weighted by molar-refractivity contribution is -0.160. The second-order valence-corrected chi connectivity index (χ2v) is 11.7. The van der Waals surface area contributed by atoms with E-state index in [2.05, 4.69) is 28.1 Å². The number of nitrogens with one attached hydrogen (secondary N) is 1. The second-order valence-electron chi connectivity index (χ2n) is 11.7. The van der Waals surface area contributed by atoms with E-state index in [0.717, 1.165) is 60.6 Å². The summed E-state index contributed by atoms with van der Waals surface area (Å²) >= 11 is 0. The van der Waals surface area contributed by atoms with Crippen LogP contribution in [0.1, 0.15) is 51.7 Å². The van der Waals surface area contributed by atoms with Gasteiger partial charge in [-0.3, -0.25) is 9.59 Å². The zero-order valence-electron chi connectivity index (χ0n) is 24.0. The van der Waals surface area contributed by atoms with Crippen molar-refractivity contribution in [3.63, 3.8) is 0 Å². The molecule has 1 aromatic carbocycles. The minimum Gasteiger partial charge on any atom is -0.459 e. The monoisotopic (exact) mass is 538 g/mol. The van der Waals surface area contributed by atoms with Crippen molar-refractivity contribution in [1.29, 1.82) is 0 Å². The lowest BCUT2D eigenvalue weighted by Gasteiger charge is -2.26. The third kappa shape index (κ3) is 7.15. The van der Waals surface area contributed by atoms with Gasteiger partial charge in [0.05, 0.1) is 17.1 Å². The Bertz CT molecular complexity index is 1340. The number of pyridine rings is 1. The number of aryl methyl sites for hydroxylation is 2. The molecule has 2 N–H and O–H groups in total. The van der Waals surface area contributed by atoms with E-state index < -0.39 is 23.7 Å². The smallest absolute Gasteiger partial charge is 0.326 e. The van der Waals surface area contributed by atoms with E-state index in [9.17, 15) is 14.7 Å². The van der Waals surface area contributed by atoms with Gasteiger partial charge in [-0.05, 0) is 83.6 Å². The number of esters is 1. The molecule has 0 amide bonds. The topological polar surface area (TPSA) is 108 Å². The molecule has 2 aromatic heterocycles. The summed E-state index contributed by atoms with van der Waals surface area (Å²) in [5, 5.41) is 13.3. The van der Waals surface area contributed by atoms with E-state index in [1.807, 2.05) is 40.0 Å². The van der Waals surface area contributed by atoms with Crippen LogP contribution < -0.4 is 10.9 Å². The fraction of sp³-hybridized carbons (Fsp3) is 0.567. The lowest BCUT2D eigenvalue weighted by atomic mass is 10.00. The van der Waals surface area contributed by atoms with Crippen molar-refractivity contribution >= 4 is 17.0 Å². The summed E-state index contributed by atoms with van der Waals surface area (Å²) in [7, 11) is 1.77. The molecule has 3 aromatic rings. The number of nitrogens with zero attached hydrogens (tertiary/aromatic N) is 3. The normalized spacial score (nSPS) is 16.4. The van der Waals surface area contributed by atoms with Gasteiger partial charge in [-0.25, -0.2) is 4.98 Å². The molecule has 0 spiro atoms. The van der Waals surface area contributed by atoms with Crippen LogP contribution in [0, 0.1) is 12.8 Å². The van der Waals surface area contributed by atoms with Crippen molar-refractivity contribution in [2.24, 2.45) is 13.0 Å². The first kappa shape index (κ1) is 29.0. The highest BCUT2D eigenvalue weighted by atomic mass is 16.6. The number of carbonyl (C=O) groups excluding carboxylic acids is 1.